The van der Waals surface area contributed by atoms with Crippen LogP contribution in [-0.2, 0) is 22.6 Å². The summed E-state index contributed by atoms with van der Waals surface area (Å²) in [5.41, 5.74) is 4.88. The average Bonchev–Trinajstić information content (AvgIpc) is 3.20. The molecule has 3 aromatic carbocycles. The van der Waals surface area contributed by atoms with Crippen molar-refractivity contribution in [3.05, 3.63) is 112 Å². The number of anilines is 1. The number of thioether (sulfide) groups is 1. The molecular weight excluding hydrogens is 466 g/mol. The summed E-state index contributed by atoms with van der Waals surface area (Å²) in [5.74, 6) is -0.265. The van der Waals surface area contributed by atoms with Crippen LogP contribution in [0.4, 0.5) is 5.69 Å². The number of rotatable bonds is 7. The summed E-state index contributed by atoms with van der Waals surface area (Å²) in [6.45, 7) is 6.54. The maximum absolute atomic E-state index is 13.7. The number of nitrogens with zero attached hydrogens (tertiary/aromatic N) is 2. The Morgan fingerprint density at radius 1 is 1.00 bits per heavy atom. The minimum absolute atomic E-state index is 0.0522. The zero-order valence-corrected chi connectivity index (χ0v) is 21.5. The fraction of sp³-hybridized carbons (Fsp3) is 0.233. The predicted molar refractivity (Wildman–Crippen MR) is 145 cm³/mol. The quantitative estimate of drug-likeness (QED) is 0.329. The zero-order chi connectivity index (χ0) is 25.7. The second-order valence-electron chi connectivity index (χ2n) is 9.18. The van der Waals surface area contributed by atoms with Crippen molar-refractivity contribution in [2.24, 2.45) is 0 Å². The van der Waals surface area contributed by atoms with Crippen molar-refractivity contribution in [1.29, 1.82) is 5.26 Å². The Hall–Kier alpha value is -3.82. The van der Waals surface area contributed by atoms with Crippen LogP contribution in [0, 0.1) is 18.3 Å². The monoisotopic (exact) mass is 495 g/mol. The Morgan fingerprint density at radius 2 is 1.67 bits per heavy atom. The Balaban J connectivity index is 1.67. The number of benzene rings is 3. The van der Waals surface area contributed by atoms with E-state index in [1.165, 1.54) is 16.7 Å². The van der Waals surface area contributed by atoms with Gasteiger partial charge in [-0.25, -0.2) is 0 Å². The van der Waals surface area contributed by atoms with Crippen LogP contribution in [0.15, 0.2) is 89.5 Å². The Labute approximate surface area is 216 Å². The number of carbonyl (C=O) groups is 2. The molecule has 36 heavy (non-hydrogen) atoms. The minimum Gasteiger partial charge on any atom is -0.347 e. The summed E-state index contributed by atoms with van der Waals surface area (Å²) in [4.78, 5) is 28.3. The molecule has 5 nitrogen and oxygen atoms in total. The number of nitriles is 1. The topological polar surface area (TPSA) is 73.2 Å². The van der Waals surface area contributed by atoms with Gasteiger partial charge in [0.1, 0.15) is 16.7 Å². The van der Waals surface area contributed by atoms with Crippen molar-refractivity contribution >= 4 is 29.3 Å². The number of aryl methyl sites for hydroxylation is 1. The molecule has 0 bridgehead atoms. The summed E-state index contributed by atoms with van der Waals surface area (Å²) in [5, 5.41) is 12.8. The molecule has 4 rings (SSSR count). The molecule has 1 atom stereocenters. The lowest BCUT2D eigenvalue weighted by molar-refractivity contribution is -0.117. The molecule has 0 saturated carbocycles. The van der Waals surface area contributed by atoms with Crippen molar-refractivity contribution in [2.45, 2.75) is 44.9 Å². The molecule has 1 fully saturated rings. The average molecular weight is 496 g/mol. The molecule has 1 aliphatic heterocycles. The molecule has 1 aliphatic rings. The Morgan fingerprint density at radius 3 is 2.28 bits per heavy atom. The lowest BCUT2D eigenvalue weighted by Crippen LogP contribution is -2.32. The van der Waals surface area contributed by atoms with E-state index in [4.69, 9.17) is 0 Å². The van der Waals surface area contributed by atoms with Gasteiger partial charge >= 0.3 is 0 Å². The van der Waals surface area contributed by atoms with Crippen LogP contribution in [-0.4, -0.2) is 17.1 Å². The third-order valence-corrected chi connectivity index (χ3v) is 7.42. The van der Waals surface area contributed by atoms with Crippen LogP contribution < -0.4 is 10.2 Å². The molecule has 1 N–H and O–H groups in total. The van der Waals surface area contributed by atoms with Crippen LogP contribution in [0.3, 0.4) is 0 Å². The van der Waals surface area contributed by atoms with Crippen LogP contribution in [0.25, 0.3) is 0 Å². The highest BCUT2D eigenvalue weighted by Crippen LogP contribution is 2.42. The summed E-state index contributed by atoms with van der Waals surface area (Å²) < 4.78 is 0. The SMILES string of the molecule is Cc1ccc(CC2S/C(=C(/C#N)C(=O)NCc3ccccc3)N(c3ccc(C(C)C)cc3)C2=O)cc1. The van der Waals surface area contributed by atoms with Crippen molar-refractivity contribution in [3.63, 3.8) is 0 Å². The first-order chi connectivity index (χ1) is 17.4. The molecule has 0 aromatic heterocycles. The van der Waals surface area contributed by atoms with Gasteiger partial charge < -0.3 is 5.32 Å². The first-order valence-electron chi connectivity index (χ1n) is 12.0. The minimum atomic E-state index is -0.489. The third-order valence-electron chi connectivity index (χ3n) is 6.16. The smallest absolute Gasteiger partial charge is 0.264 e. The van der Waals surface area contributed by atoms with Crippen molar-refractivity contribution in [2.75, 3.05) is 4.90 Å². The van der Waals surface area contributed by atoms with Crippen molar-refractivity contribution in [3.8, 4) is 6.07 Å². The molecule has 6 heteroatoms. The number of hydrogen-bond donors (Lipinski definition) is 1. The van der Waals surface area contributed by atoms with Crippen molar-refractivity contribution < 1.29 is 9.59 Å². The Bertz CT molecular complexity index is 1310. The van der Waals surface area contributed by atoms with Gasteiger partial charge in [-0.15, -0.1) is 0 Å². The number of nitrogens with one attached hydrogen (secondary N) is 1. The molecule has 1 unspecified atom stereocenters. The number of amides is 2. The standard InChI is InChI=1S/C30H29N3O2S/c1-20(2)24-13-15-25(16-14-24)33-29(35)27(17-22-11-9-21(3)10-12-22)36-30(33)26(18-31)28(34)32-19-23-7-5-4-6-8-23/h4-16,20,27H,17,19H2,1-3H3,(H,32,34)/b30-26-. The first kappa shape index (κ1) is 25.3. The molecule has 1 heterocycles. The van der Waals surface area contributed by atoms with Crippen molar-refractivity contribution in [1.82, 2.24) is 5.32 Å². The van der Waals surface area contributed by atoms with Gasteiger partial charge in [0.25, 0.3) is 5.91 Å². The summed E-state index contributed by atoms with van der Waals surface area (Å²) in [6.07, 6.45) is 0.512. The lowest BCUT2D eigenvalue weighted by atomic mass is 10.0. The molecule has 3 aromatic rings. The van der Waals surface area contributed by atoms with E-state index in [9.17, 15) is 14.9 Å². The second-order valence-corrected chi connectivity index (χ2v) is 10.4. The zero-order valence-electron chi connectivity index (χ0n) is 20.7. The van der Waals surface area contributed by atoms with E-state index in [0.717, 1.165) is 22.3 Å². The van der Waals surface area contributed by atoms with E-state index in [2.05, 4.69) is 25.2 Å². The molecule has 1 saturated heterocycles. The number of carbonyl (C=O) groups excluding carboxylic acids is 2. The van der Waals surface area contributed by atoms with E-state index in [1.54, 1.807) is 0 Å². The van der Waals surface area contributed by atoms with E-state index in [1.807, 2.05) is 85.8 Å². The van der Waals surface area contributed by atoms with Gasteiger partial charge in [0.05, 0.1) is 5.25 Å². The fourth-order valence-electron chi connectivity index (χ4n) is 4.03. The van der Waals surface area contributed by atoms with E-state index < -0.39 is 11.2 Å². The molecule has 0 aliphatic carbocycles. The summed E-state index contributed by atoms with van der Waals surface area (Å²) >= 11 is 1.29. The van der Waals surface area contributed by atoms with Gasteiger partial charge in [0.2, 0.25) is 5.91 Å². The van der Waals surface area contributed by atoms with Gasteiger partial charge in [0.15, 0.2) is 0 Å². The first-order valence-corrected chi connectivity index (χ1v) is 12.9. The second kappa shape index (κ2) is 11.3. The van der Waals surface area contributed by atoms with Gasteiger partial charge in [-0.2, -0.15) is 5.26 Å². The van der Waals surface area contributed by atoms with Gasteiger partial charge in [0, 0.05) is 12.2 Å². The van der Waals surface area contributed by atoms with Crippen LogP contribution in [0.2, 0.25) is 0 Å². The molecule has 0 spiro atoms. The van der Waals surface area contributed by atoms with Crippen LogP contribution in [0.5, 0.6) is 0 Å². The fourth-order valence-corrected chi connectivity index (χ4v) is 5.34. The highest BCUT2D eigenvalue weighted by Gasteiger charge is 2.40. The maximum Gasteiger partial charge on any atom is 0.264 e. The summed E-state index contributed by atoms with van der Waals surface area (Å²) in [7, 11) is 0. The normalized spacial score (nSPS) is 16.7. The molecule has 0 radical (unpaired) electrons. The van der Waals surface area contributed by atoms with Crippen LogP contribution in [0.1, 0.15) is 42.0 Å². The molecule has 182 valence electrons. The lowest BCUT2D eigenvalue weighted by Gasteiger charge is -2.19. The van der Waals surface area contributed by atoms with Gasteiger partial charge in [-0.3, -0.25) is 14.5 Å². The molecular formula is C30H29N3O2S. The van der Waals surface area contributed by atoms with Crippen LogP contribution >= 0.6 is 11.8 Å². The van der Waals surface area contributed by atoms with Gasteiger partial charge in [-0.1, -0.05) is 97.9 Å². The predicted octanol–water partition coefficient (Wildman–Crippen LogP) is 5.86. The largest absolute Gasteiger partial charge is 0.347 e. The summed E-state index contributed by atoms with van der Waals surface area (Å²) in [6, 6.07) is 27.4. The molecule has 2 amide bonds. The highest BCUT2D eigenvalue weighted by molar-refractivity contribution is 8.05. The number of hydrogen-bond acceptors (Lipinski definition) is 4. The third kappa shape index (κ3) is 5.69. The highest BCUT2D eigenvalue weighted by atomic mass is 32.2. The van der Waals surface area contributed by atoms with E-state index >= 15 is 0 Å². The Kier molecular flexibility index (Phi) is 7.92. The van der Waals surface area contributed by atoms with Gasteiger partial charge in [-0.05, 0) is 48.1 Å². The maximum atomic E-state index is 13.7. The van der Waals surface area contributed by atoms with E-state index in [-0.39, 0.29) is 11.5 Å². The van der Waals surface area contributed by atoms with E-state index in [0.29, 0.717) is 29.6 Å².